The molecule has 0 unspecified atom stereocenters. The number of rotatable bonds is 6. The second kappa shape index (κ2) is 5.97. The highest BCUT2D eigenvalue weighted by Crippen LogP contribution is 2.16. The summed E-state index contributed by atoms with van der Waals surface area (Å²) in [4.78, 5) is 18.1. The lowest BCUT2D eigenvalue weighted by Crippen LogP contribution is -2.25. The first-order valence-electron chi connectivity index (χ1n) is 6.01. The minimum Gasteiger partial charge on any atom is -0.382 e. The summed E-state index contributed by atoms with van der Waals surface area (Å²) < 4.78 is 7.08. The van der Waals surface area contributed by atoms with E-state index < -0.39 is 0 Å². The van der Waals surface area contributed by atoms with Gasteiger partial charge in [-0.2, -0.15) is 0 Å². The van der Waals surface area contributed by atoms with Gasteiger partial charge in [-0.3, -0.25) is 9.20 Å². The first kappa shape index (κ1) is 13.0. The van der Waals surface area contributed by atoms with Crippen molar-refractivity contribution in [3.63, 3.8) is 0 Å². The molecule has 0 atom stereocenters. The third-order valence-corrected chi connectivity index (χ3v) is 3.37. The Morgan fingerprint density at radius 3 is 3.11 bits per heavy atom. The van der Waals surface area contributed by atoms with Crippen LogP contribution in [0.2, 0.25) is 0 Å². The number of ether oxygens (including phenoxy) is 1. The first-order valence-corrected chi connectivity index (χ1v) is 6.83. The summed E-state index contributed by atoms with van der Waals surface area (Å²) >= 11 is 1.58. The van der Waals surface area contributed by atoms with Crippen LogP contribution in [0.25, 0.3) is 4.96 Å². The molecule has 0 aliphatic heterocycles. The summed E-state index contributed by atoms with van der Waals surface area (Å²) in [5.41, 5.74) is 0.470. The average molecular weight is 267 g/mol. The lowest BCUT2D eigenvalue weighted by molar-refractivity contribution is 0.0940. The molecular weight excluding hydrogens is 250 g/mol. The van der Waals surface area contributed by atoms with Crippen molar-refractivity contribution in [3.05, 3.63) is 23.0 Å². The summed E-state index contributed by atoms with van der Waals surface area (Å²) in [6.07, 6.45) is 4.55. The van der Waals surface area contributed by atoms with Gasteiger partial charge in [-0.05, 0) is 20.3 Å². The Balaban J connectivity index is 1.86. The number of hydrogen-bond donors (Lipinski definition) is 1. The topological polar surface area (TPSA) is 55.6 Å². The van der Waals surface area contributed by atoms with Gasteiger partial charge >= 0.3 is 0 Å². The quantitative estimate of drug-likeness (QED) is 0.813. The fourth-order valence-corrected chi connectivity index (χ4v) is 2.44. The highest BCUT2D eigenvalue weighted by atomic mass is 32.1. The molecule has 2 aromatic rings. The fourth-order valence-electron chi connectivity index (χ4n) is 1.63. The Bertz CT molecular complexity index is 501. The summed E-state index contributed by atoms with van der Waals surface area (Å²) in [6.45, 7) is 5.98. The van der Waals surface area contributed by atoms with Crippen molar-refractivity contribution in [2.24, 2.45) is 0 Å². The van der Waals surface area contributed by atoms with Crippen LogP contribution in [0, 0.1) is 6.92 Å². The highest BCUT2D eigenvalue weighted by molar-refractivity contribution is 7.17. The van der Waals surface area contributed by atoms with Gasteiger partial charge in [0, 0.05) is 37.0 Å². The number of hydrogen-bond acceptors (Lipinski definition) is 4. The van der Waals surface area contributed by atoms with Crippen LogP contribution in [0.15, 0.2) is 12.4 Å². The molecule has 1 amide bonds. The van der Waals surface area contributed by atoms with E-state index in [1.54, 1.807) is 17.5 Å². The number of fused-ring (bicyclic) bond motifs is 1. The molecule has 5 nitrogen and oxygen atoms in total. The molecule has 0 aliphatic rings. The molecule has 0 bridgehead atoms. The monoisotopic (exact) mass is 267 g/mol. The van der Waals surface area contributed by atoms with Crippen molar-refractivity contribution < 1.29 is 9.53 Å². The molecule has 0 spiro atoms. The molecular formula is C12H17N3O2S. The van der Waals surface area contributed by atoms with E-state index in [4.69, 9.17) is 4.74 Å². The summed E-state index contributed by atoms with van der Waals surface area (Å²) in [5.74, 6) is -0.125. The fraction of sp³-hybridized carbons (Fsp3) is 0.500. The molecule has 6 heteroatoms. The molecule has 2 aromatic heterocycles. The minimum absolute atomic E-state index is 0.125. The zero-order chi connectivity index (χ0) is 13.0. The van der Waals surface area contributed by atoms with Gasteiger partial charge in [-0.15, -0.1) is 11.3 Å². The van der Waals surface area contributed by atoms with Crippen molar-refractivity contribution in [3.8, 4) is 0 Å². The predicted molar refractivity (Wildman–Crippen MR) is 71.2 cm³/mol. The maximum atomic E-state index is 11.8. The van der Waals surface area contributed by atoms with Gasteiger partial charge in [-0.1, -0.05) is 0 Å². The Morgan fingerprint density at radius 2 is 2.39 bits per heavy atom. The Morgan fingerprint density at radius 1 is 1.56 bits per heavy atom. The minimum atomic E-state index is -0.125. The third kappa shape index (κ3) is 3.08. The number of carbonyl (C=O) groups excluding carboxylic acids is 1. The van der Waals surface area contributed by atoms with Gasteiger partial charge in [0.2, 0.25) is 0 Å². The lowest BCUT2D eigenvalue weighted by atomic mass is 10.4. The van der Waals surface area contributed by atoms with E-state index in [0.29, 0.717) is 25.5 Å². The first-order chi connectivity index (χ1) is 8.70. The predicted octanol–water partition coefficient (Wildman–Crippen LogP) is 1.86. The molecule has 2 heterocycles. The maximum absolute atomic E-state index is 11.8. The maximum Gasteiger partial charge on any atom is 0.271 e. The van der Waals surface area contributed by atoms with E-state index in [9.17, 15) is 4.79 Å². The number of nitrogens with one attached hydrogen (secondary N) is 1. The van der Waals surface area contributed by atoms with Crippen LogP contribution in [0.1, 0.15) is 28.7 Å². The van der Waals surface area contributed by atoms with Crippen molar-refractivity contribution in [1.82, 2.24) is 14.7 Å². The second-order valence-corrected chi connectivity index (χ2v) is 5.18. The Kier molecular flexibility index (Phi) is 4.33. The Hall–Kier alpha value is -1.40. The zero-order valence-corrected chi connectivity index (χ0v) is 11.4. The van der Waals surface area contributed by atoms with Gasteiger partial charge in [0.25, 0.3) is 5.91 Å². The van der Waals surface area contributed by atoms with E-state index in [2.05, 4.69) is 10.3 Å². The zero-order valence-electron chi connectivity index (χ0n) is 10.6. The number of nitrogens with zero attached hydrogens (tertiary/aromatic N) is 2. The molecule has 0 aliphatic carbocycles. The average Bonchev–Trinajstić information content (AvgIpc) is 2.85. The molecule has 0 fully saturated rings. The number of aryl methyl sites for hydroxylation is 1. The van der Waals surface area contributed by atoms with Crippen LogP contribution in [0.5, 0.6) is 0 Å². The molecule has 98 valence electrons. The molecule has 0 aromatic carbocycles. The van der Waals surface area contributed by atoms with Gasteiger partial charge in [0.1, 0.15) is 5.69 Å². The summed E-state index contributed by atoms with van der Waals surface area (Å²) in [5, 5.41) is 2.83. The van der Waals surface area contributed by atoms with Crippen molar-refractivity contribution in [1.29, 1.82) is 0 Å². The number of thiazole rings is 1. The molecule has 1 N–H and O–H groups in total. The third-order valence-electron chi connectivity index (χ3n) is 2.46. The second-order valence-electron chi connectivity index (χ2n) is 3.96. The van der Waals surface area contributed by atoms with E-state index in [1.165, 1.54) is 4.88 Å². The molecule has 0 saturated heterocycles. The van der Waals surface area contributed by atoms with E-state index in [-0.39, 0.29) is 5.91 Å². The van der Waals surface area contributed by atoms with Crippen LogP contribution in [0.4, 0.5) is 0 Å². The number of amides is 1. The largest absolute Gasteiger partial charge is 0.382 e. The van der Waals surface area contributed by atoms with Gasteiger partial charge in [0.15, 0.2) is 4.96 Å². The van der Waals surface area contributed by atoms with Crippen LogP contribution in [0.3, 0.4) is 0 Å². The van der Waals surface area contributed by atoms with E-state index in [1.807, 2.05) is 24.4 Å². The van der Waals surface area contributed by atoms with Gasteiger partial charge in [-0.25, -0.2) is 4.98 Å². The lowest BCUT2D eigenvalue weighted by Gasteiger charge is -2.02. The van der Waals surface area contributed by atoms with Gasteiger partial charge in [0.05, 0.1) is 0 Å². The summed E-state index contributed by atoms with van der Waals surface area (Å²) in [7, 11) is 0. The van der Waals surface area contributed by atoms with Crippen molar-refractivity contribution in [2.45, 2.75) is 20.3 Å². The smallest absolute Gasteiger partial charge is 0.271 e. The Labute approximate surface area is 110 Å². The van der Waals surface area contributed by atoms with Gasteiger partial charge < -0.3 is 10.1 Å². The molecule has 18 heavy (non-hydrogen) atoms. The normalized spacial score (nSPS) is 11.0. The van der Waals surface area contributed by atoms with Crippen molar-refractivity contribution in [2.75, 3.05) is 19.8 Å². The molecule has 0 radical (unpaired) electrons. The van der Waals surface area contributed by atoms with Crippen LogP contribution in [-0.2, 0) is 4.74 Å². The van der Waals surface area contributed by atoms with Crippen LogP contribution < -0.4 is 5.32 Å². The van der Waals surface area contributed by atoms with Crippen LogP contribution >= 0.6 is 11.3 Å². The standard InChI is InChI=1S/C12H17N3O2S/c1-3-17-6-4-5-13-11(16)10-8-15-7-9(2)18-12(15)14-10/h7-8H,3-6H2,1-2H3,(H,13,16). The summed E-state index contributed by atoms with van der Waals surface area (Å²) in [6, 6.07) is 0. The SMILES string of the molecule is CCOCCCNC(=O)c1cn2cc(C)sc2n1. The number of carbonyl (C=O) groups is 1. The molecule has 0 saturated carbocycles. The molecule has 2 rings (SSSR count). The number of aromatic nitrogens is 2. The van der Waals surface area contributed by atoms with Crippen molar-refractivity contribution >= 4 is 22.2 Å². The van der Waals surface area contributed by atoms with Crippen LogP contribution in [-0.4, -0.2) is 35.1 Å². The number of imidazole rings is 1. The highest BCUT2D eigenvalue weighted by Gasteiger charge is 2.11. The van der Waals surface area contributed by atoms with E-state index in [0.717, 1.165) is 11.4 Å². The van der Waals surface area contributed by atoms with E-state index >= 15 is 0 Å².